The normalized spacial score (nSPS) is 10.5. The molecule has 1 aromatic heterocycles. The van der Waals surface area contributed by atoms with Gasteiger partial charge in [-0.2, -0.15) is 0 Å². The van der Waals surface area contributed by atoms with Gasteiger partial charge < -0.3 is 20.1 Å². The van der Waals surface area contributed by atoms with Gasteiger partial charge in [-0.3, -0.25) is 9.78 Å². The molecule has 0 saturated carbocycles. The molecule has 0 spiro atoms. The molecule has 9 heteroatoms. The molecule has 2 aromatic carbocycles. The summed E-state index contributed by atoms with van der Waals surface area (Å²) < 4.78 is 25.7. The number of fused-ring (bicyclic) bond motifs is 1. The highest BCUT2D eigenvalue weighted by Gasteiger charge is 2.16. The van der Waals surface area contributed by atoms with Crippen molar-refractivity contribution in [3.05, 3.63) is 52.9 Å². The van der Waals surface area contributed by atoms with E-state index in [1.54, 1.807) is 24.3 Å². The first-order valence-electron chi connectivity index (χ1n) is 8.61. The van der Waals surface area contributed by atoms with Crippen LogP contribution in [0.5, 0.6) is 17.2 Å². The van der Waals surface area contributed by atoms with E-state index in [-0.39, 0.29) is 10.8 Å². The van der Waals surface area contributed by atoms with E-state index in [0.29, 0.717) is 51.6 Å². The molecule has 3 rings (SSSR count). The van der Waals surface area contributed by atoms with E-state index in [9.17, 15) is 9.18 Å². The van der Waals surface area contributed by atoms with Crippen LogP contribution in [0, 0.1) is 5.82 Å². The number of ether oxygens (including phenoxy) is 2. The zero-order valence-electron chi connectivity index (χ0n) is 15.6. The predicted octanol–water partition coefficient (Wildman–Crippen LogP) is 4.95. The molecule has 0 amide bonds. The molecule has 2 N–H and O–H groups in total. The largest absolute Gasteiger partial charge is 0.496 e. The molecule has 29 heavy (non-hydrogen) atoms. The molecule has 6 nitrogen and oxygen atoms in total. The van der Waals surface area contributed by atoms with Crippen LogP contribution in [0.2, 0.25) is 5.02 Å². The molecular formula is C20H17ClFN3O3S. The van der Waals surface area contributed by atoms with Crippen LogP contribution < -0.4 is 20.1 Å². The number of carbonyl (C=O) groups excluding carboxylic acids is 1. The summed E-state index contributed by atoms with van der Waals surface area (Å²) in [6.45, 7) is 2.51. The Morgan fingerprint density at radius 3 is 2.76 bits per heavy atom. The molecule has 0 aliphatic carbocycles. The lowest BCUT2D eigenvalue weighted by molar-refractivity contribution is 0.112. The van der Waals surface area contributed by atoms with E-state index < -0.39 is 5.82 Å². The fourth-order valence-corrected chi connectivity index (χ4v) is 3.13. The van der Waals surface area contributed by atoms with Gasteiger partial charge in [0.1, 0.15) is 16.5 Å². The summed E-state index contributed by atoms with van der Waals surface area (Å²) in [7, 11) is 1.46. The average Bonchev–Trinajstić information content (AvgIpc) is 2.72. The number of rotatable bonds is 6. The number of methoxy groups -OCH3 is 1. The number of pyridine rings is 1. The summed E-state index contributed by atoms with van der Waals surface area (Å²) in [6, 6.07) is 7.77. The highest BCUT2D eigenvalue weighted by atomic mass is 35.5. The highest BCUT2D eigenvalue weighted by Crippen LogP contribution is 2.37. The number of nitrogens with one attached hydrogen (secondary N) is 2. The maximum Gasteiger partial charge on any atom is 0.186 e. The van der Waals surface area contributed by atoms with Crippen LogP contribution in [-0.2, 0) is 0 Å². The fourth-order valence-electron chi connectivity index (χ4n) is 2.68. The number of anilines is 1. The van der Waals surface area contributed by atoms with Gasteiger partial charge in [0.15, 0.2) is 23.0 Å². The first-order chi connectivity index (χ1) is 14.0. The zero-order valence-corrected chi connectivity index (χ0v) is 17.2. The van der Waals surface area contributed by atoms with Crippen molar-refractivity contribution in [2.75, 3.05) is 19.0 Å². The summed E-state index contributed by atoms with van der Waals surface area (Å²) in [4.78, 5) is 15.6. The molecule has 0 fully saturated rings. The van der Waals surface area contributed by atoms with E-state index in [2.05, 4.69) is 15.6 Å². The quantitative estimate of drug-likeness (QED) is 0.421. The summed E-state index contributed by atoms with van der Waals surface area (Å²) in [5.41, 5.74) is 1.17. The molecule has 150 valence electrons. The maximum atomic E-state index is 14.8. The van der Waals surface area contributed by atoms with Gasteiger partial charge in [0, 0.05) is 24.2 Å². The van der Waals surface area contributed by atoms with Gasteiger partial charge in [0.05, 0.1) is 23.9 Å². The first kappa shape index (κ1) is 20.8. The lowest BCUT2D eigenvalue weighted by Gasteiger charge is -2.14. The summed E-state index contributed by atoms with van der Waals surface area (Å²) >= 11 is 11.2. The number of halogens is 2. The Morgan fingerprint density at radius 1 is 1.28 bits per heavy atom. The van der Waals surface area contributed by atoms with Gasteiger partial charge in [-0.25, -0.2) is 4.39 Å². The van der Waals surface area contributed by atoms with Gasteiger partial charge in [0.2, 0.25) is 0 Å². The average molecular weight is 434 g/mol. The first-order valence-corrected chi connectivity index (χ1v) is 9.39. The van der Waals surface area contributed by atoms with Crippen LogP contribution in [0.15, 0.2) is 36.5 Å². The predicted molar refractivity (Wildman–Crippen MR) is 115 cm³/mol. The summed E-state index contributed by atoms with van der Waals surface area (Å²) in [5, 5.41) is 6.43. The monoisotopic (exact) mass is 433 g/mol. The highest BCUT2D eigenvalue weighted by molar-refractivity contribution is 7.80. The zero-order chi connectivity index (χ0) is 21.0. The number of thiocarbonyl (C=S) groups is 1. The van der Waals surface area contributed by atoms with Gasteiger partial charge in [-0.15, -0.1) is 0 Å². The molecule has 0 unspecified atom stereocenters. The van der Waals surface area contributed by atoms with Gasteiger partial charge >= 0.3 is 0 Å². The number of aromatic nitrogens is 1. The van der Waals surface area contributed by atoms with Crippen molar-refractivity contribution in [2.45, 2.75) is 6.92 Å². The molecule has 0 aliphatic heterocycles. The van der Waals surface area contributed by atoms with Crippen LogP contribution in [-0.4, -0.2) is 30.0 Å². The van der Waals surface area contributed by atoms with Crippen LogP contribution >= 0.6 is 23.8 Å². The van der Waals surface area contributed by atoms with Crippen LogP contribution in [0.1, 0.15) is 17.3 Å². The molecule has 0 atom stereocenters. The number of benzene rings is 2. The third kappa shape index (κ3) is 4.38. The smallest absolute Gasteiger partial charge is 0.186 e. The number of hydrogen-bond donors (Lipinski definition) is 2. The van der Waals surface area contributed by atoms with Crippen molar-refractivity contribution in [1.29, 1.82) is 0 Å². The number of carbonyl (C=O) groups is 1. The van der Waals surface area contributed by atoms with Crippen molar-refractivity contribution >= 4 is 51.8 Å². The van der Waals surface area contributed by atoms with E-state index in [1.165, 1.54) is 19.4 Å². The Morgan fingerprint density at radius 2 is 2.07 bits per heavy atom. The second-order valence-electron chi connectivity index (χ2n) is 5.86. The lowest BCUT2D eigenvalue weighted by Crippen LogP contribution is -2.28. The maximum absolute atomic E-state index is 14.8. The van der Waals surface area contributed by atoms with Gasteiger partial charge in [-0.05, 0) is 43.4 Å². The number of hydrogen-bond acceptors (Lipinski definition) is 5. The van der Waals surface area contributed by atoms with Crippen LogP contribution in [0.3, 0.4) is 0 Å². The number of aldehydes is 1. The molecular weight excluding hydrogens is 417 g/mol. The molecule has 0 bridgehead atoms. The summed E-state index contributed by atoms with van der Waals surface area (Å²) in [5.74, 6) is -0.117. The third-order valence-corrected chi connectivity index (χ3v) is 4.65. The van der Waals surface area contributed by atoms with Crippen molar-refractivity contribution in [3.8, 4) is 17.2 Å². The van der Waals surface area contributed by atoms with Crippen molar-refractivity contribution in [1.82, 2.24) is 10.3 Å². The van der Waals surface area contributed by atoms with Crippen molar-refractivity contribution in [2.24, 2.45) is 0 Å². The van der Waals surface area contributed by atoms with Gasteiger partial charge in [0.25, 0.3) is 0 Å². The lowest BCUT2D eigenvalue weighted by atomic mass is 10.1. The molecule has 3 aromatic rings. The Bertz CT molecular complexity index is 1090. The third-order valence-electron chi connectivity index (χ3n) is 4.03. The van der Waals surface area contributed by atoms with E-state index in [1.807, 2.05) is 6.92 Å². The van der Waals surface area contributed by atoms with Crippen molar-refractivity contribution < 1.29 is 18.7 Å². The van der Waals surface area contributed by atoms with Crippen LogP contribution in [0.4, 0.5) is 10.1 Å². The minimum absolute atomic E-state index is 0.0779. The van der Waals surface area contributed by atoms with Crippen molar-refractivity contribution in [3.63, 3.8) is 0 Å². The molecule has 0 aliphatic rings. The van der Waals surface area contributed by atoms with Gasteiger partial charge in [-0.1, -0.05) is 11.6 Å². The van der Waals surface area contributed by atoms with E-state index in [0.717, 1.165) is 0 Å². The summed E-state index contributed by atoms with van der Waals surface area (Å²) in [6.07, 6.45) is 2.18. The molecule has 1 heterocycles. The Kier molecular flexibility index (Phi) is 6.46. The fraction of sp³-hybridized carbons (Fsp3) is 0.150. The minimum Gasteiger partial charge on any atom is -0.496 e. The Labute approximate surface area is 177 Å². The molecule has 0 radical (unpaired) electrons. The standard InChI is InChI=1S/C20H17ClFN3O3S/c1-3-23-20(29)25-13-4-5-16(19(22)18(13)21)28-15-6-7-24-14-9-17(27-2)11(10-26)8-12(14)15/h4-10H,3H2,1-2H3,(H2,23,25,29). The Balaban J connectivity index is 1.97. The SMILES string of the molecule is CCNC(=S)Nc1ccc(Oc2ccnc3cc(OC)c(C=O)cc23)c(F)c1Cl. The minimum atomic E-state index is -0.745. The molecule has 0 saturated heterocycles. The van der Waals surface area contributed by atoms with Crippen LogP contribution in [0.25, 0.3) is 10.9 Å². The Hall–Kier alpha value is -2.97. The second kappa shape index (κ2) is 9.02. The van der Waals surface area contributed by atoms with E-state index in [4.69, 9.17) is 33.3 Å². The topological polar surface area (TPSA) is 72.5 Å². The second-order valence-corrected chi connectivity index (χ2v) is 6.65. The number of nitrogens with zero attached hydrogens (tertiary/aromatic N) is 1. The van der Waals surface area contributed by atoms with E-state index >= 15 is 0 Å².